The summed E-state index contributed by atoms with van der Waals surface area (Å²) < 4.78 is 72.6. The number of halogens is 7. The predicted octanol–water partition coefficient (Wildman–Crippen LogP) is 3.94. The van der Waals surface area contributed by atoms with E-state index in [1.165, 1.54) is 0 Å². The van der Waals surface area contributed by atoms with E-state index in [1.807, 2.05) is 0 Å². The van der Waals surface area contributed by atoms with Crippen molar-refractivity contribution in [1.29, 1.82) is 0 Å². The van der Waals surface area contributed by atoms with Crippen LogP contribution in [0.4, 0.5) is 26.3 Å². The highest BCUT2D eigenvalue weighted by atomic mass is 79.9. The van der Waals surface area contributed by atoms with Crippen LogP contribution in [0.25, 0.3) is 0 Å². The number of pyridine rings is 1. The first-order valence-electron chi connectivity index (χ1n) is 3.44. The summed E-state index contributed by atoms with van der Waals surface area (Å²) in [5.74, 6) is -1.83. The van der Waals surface area contributed by atoms with Gasteiger partial charge in [-0.3, -0.25) is 0 Å². The Morgan fingerprint density at radius 3 is 2.20 bits per heavy atom. The van der Waals surface area contributed by atoms with Crippen LogP contribution in [0.5, 0.6) is 0 Å². The molecule has 15 heavy (non-hydrogen) atoms. The number of hydrogen-bond donors (Lipinski definition) is 0. The van der Waals surface area contributed by atoms with Gasteiger partial charge in [-0.1, -0.05) is 0 Å². The molecule has 0 radical (unpaired) electrons. The molecule has 0 saturated heterocycles. The number of alkyl halides is 5. The maximum absolute atomic E-state index is 12.7. The molecule has 0 aliphatic heterocycles. The smallest absolute Gasteiger partial charge is 0.227 e. The first-order valence-corrected chi connectivity index (χ1v) is 4.23. The SMILES string of the molecule is Fc1ncc(C(F)F)c(Br)c1C(F)(F)F. The Bertz CT molecular complexity index is 374. The van der Waals surface area contributed by atoms with Gasteiger partial charge in [-0.05, 0) is 15.9 Å². The van der Waals surface area contributed by atoms with Gasteiger partial charge in [0.2, 0.25) is 5.95 Å². The highest BCUT2D eigenvalue weighted by Gasteiger charge is 2.39. The van der Waals surface area contributed by atoms with Gasteiger partial charge in [-0.15, -0.1) is 0 Å². The predicted molar refractivity (Wildman–Crippen MR) is 41.9 cm³/mol. The topological polar surface area (TPSA) is 12.9 Å². The third-order valence-electron chi connectivity index (χ3n) is 1.51. The van der Waals surface area contributed by atoms with Crippen LogP contribution >= 0.6 is 15.9 Å². The fraction of sp³-hybridized carbons (Fsp3) is 0.286. The van der Waals surface area contributed by atoms with E-state index < -0.39 is 34.1 Å². The fourth-order valence-corrected chi connectivity index (χ4v) is 1.54. The highest BCUT2D eigenvalue weighted by molar-refractivity contribution is 9.10. The van der Waals surface area contributed by atoms with E-state index in [2.05, 4.69) is 20.9 Å². The molecule has 0 spiro atoms. The standard InChI is InChI=1S/C7H2BrF6N/c8-4-2(5(9)10)1-15-6(11)3(4)7(12,13)14/h1,5H. The van der Waals surface area contributed by atoms with Crippen molar-refractivity contribution in [2.45, 2.75) is 12.6 Å². The summed E-state index contributed by atoms with van der Waals surface area (Å²) in [6.45, 7) is 0. The van der Waals surface area contributed by atoms with E-state index in [-0.39, 0.29) is 0 Å². The molecule has 0 amide bonds. The molecule has 1 rings (SSSR count). The van der Waals surface area contributed by atoms with Gasteiger partial charge in [0.25, 0.3) is 6.43 Å². The largest absolute Gasteiger partial charge is 0.421 e. The lowest BCUT2D eigenvalue weighted by atomic mass is 10.2. The van der Waals surface area contributed by atoms with Crippen LogP contribution in [-0.2, 0) is 6.18 Å². The molecule has 1 aromatic rings. The number of aromatic nitrogens is 1. The molecule has 84 valence electrons. The zero-order chi connectivity index (χ0) is 11.8. The summed E-state index contributed by atoms with van der Waals surface area (Å²) in [7, 11) is 0. The highest BCUT2D eigenvalue weighted by Crippen LogP contribution is 2.39. The van der Waals surface area contributed by atoms with Crippen molar-refractivity contribution >= 4 is 15.9 Å². The second-order valence-corrected chi connectivity index (χ2v) is 3.28. The Labute approximate surface area is 88.2 Å². The van der Waals surface area contributed by atoms with Crippen LogP contribution in [0.15, 0.2) is 10.7 Å². The van der Waals surface area contributed by atoms with Crippen LogP contribution in [-0.4, -0.2) is 4.98 Å². The monoisotopic (exact) mass is 293 g/mol. The molecule has 0 fully saturated rings. The van der Waals surface area contributed by atoms with Gasteiger partial charge in [-0.2, -0.15) is 17.6 Å². The van der Waals surface area contributed by atoms with Gasteiger partial charge >= 0.3 is 6.18 Å². The molecule has 1 heterocycles. The van der Waals surface area contributed by atoms with Crippen molar-refractivity contribution < 1.29 is 26.3 Å². The normalized spacial score (nSPS) is 12.3. The Kier molecular flexibility index (Phi) is 3.27. The Morgan fingerprint density at radius 2 is 1.80 bits per heavy atom. The summed E-state index contributed by atoms with van der Waals surface area (Å²) in [6.07, 6.45) is -7.87. The molecular weight excluding hydrogens is 292 g/mol. The molecular formula is C7H2BrF6N. The van der Waals surface area contributed by atoms with E-state index >= 15 is 0 Å². The fourth-order valence-electron chi connectivity index (χ4n) is 0.876. The first kappa shape index (κ1) is 12.3. The molecule has 1 aromatic heterocycles. The number of nitrogens with zero attached hydrogens (tertiary/aromatic N) is 1. The second-order valence-electron chi connectivity index (χ2n) is 2.49. The van der Waals surface area contributed by atoms with Crippen molar-refractivity contribution in [2.24, 2.45) is 0 Å². The van der Waals surface area contributed by atoms with Gasteiger partial charge in [0, 0.05) is 10.7 Å². The van der Waals surface area contributed by atoms with Gasteiger partial charge in [0.1, 0.15) is 5.56 Å². The lowest BCUT2D eigenvalue weighted by Crippen LogP contribution is -2.12. The number of hydrogen-bond acceptors (Lipinski definition) is 1. The lowest BCUT2D eigenvalue weighted by Gasteiger charge is -2.12. The van der Waals surface area contributed by atoms with Crippen molar-refractivity contribution in [3.05, 3.63) is 27.7 Å². The van der Waals surface area contributed by atoms with Gasteiger partial charge in [-0.25, -0.2) is 13.8 Å². The van der Waals surface area contributed by atoms with E-state index in [0.717, 1.165) is 0 Å². The molecule has 0 bridgehead atoms. The van der Waals surface area contributed by atoms with Gasteiger partial charge < -0.3 is 0 Å². The maximum Gasteiger partial charge on any atom is 0.421 e. The summed E-state index contributed by atoms with van der Waals surface area (Å²) in [5.41, 5.74) is -2.82. The Balaban J connectivity index is 3.44. The third-order valence-corrected chi connectivity index (χ3v) is 2.37. The summed E-state index contributed by atoms with van der Waals surface area (Å²) in [4.78, 5) is 2.63. The minimum atomic E-state index is -5.07. The molecule has 8 heteroatoms. The maximum atomic E-state index is 12.7. The lowest BCUT2D eigenvalue weighted by molar-refractivity contribution is -0.141. The van der Waals surface area contributed by atoms with Crippen molar-refractivity contribution in [3.63, 3.8) is 0 Å². The van der Waals surface area contributed by atoms with Crippen LogP contribution < -0.4 is 0 Å². The van der Waals surface area contributed by atoms with E-state index in [9.17, 15) is 26.3 Å². The van der Waals surface area contributed by atoms with Crippen LogP contribution in [0.1, 0.15) is 17.6 Å². The van der Waals surface area contributed by atoms with Crippen molar-refractivity contribution in [2.75, 3.05) is 0 Å². The van der Waals surface area contributed by atoms with Crippen LogP contribution in [0.2, 0.25) is 0 Å². The van der Waals surface area contributed by atoms with Gasteiger partial charge in [0.05, 0.1) is 5.56 Å². The quantitative estimate of drug-likeness (QED) is 0.564. The average molecular weight is 294 g/mol. The summed E-state index contributed by atoms with van der Waals surface area (Å²) in [5, 5.41) is 0. The minimum absolute atomic E-state index is 0.360. The molecule has 0 unspecified atom stereocenters. The molecule has 0 atom stereocenters. The van der Waals surface area contributed by atoms with Crippen molar-refractivity contribution in [1.82, 2.24) is 4.98 Å². The van der Waals surface area contributed by atoms with E-state index in [1.54, 1.807) is 0 Å². The molecule has 0 aliphatic rings. The molecule has 0 aliphatic carbocycles. The Hall–Kier alpha value is -0.790. The molecule has 0 saturated carbocycles. The average Bonchev–Trinajstić information content (AvgIpc) is 2.00. The summed E-state index contributed by atoms with van der Waals surface area (Å²) >= 11 is 2.29. The molecule has 0 N–H and O–H groups in total. The third kappa shape index (κ3) is 2.42. The van der Waals surface area contributed by atoms with Gasteiger partial charge in [0.15, 0.2) is 0 Å². The van der Waals surface area contributed by atoms with Crippen LogP contribution in [0, 0.1) is 5.95 Å². The Morgan fingerprint density at radius 1 is 1.27 bits per heavy atom. The molecule has 0 aromatic carbocycles. The summed E-state index contributed by atoms with van der Waals surface area (Å²) in [6, 6.07) is 0. The van der Waals surface area contributed by atoms with Crippen LogP contribution in [0.3, 0.4) is 0 Å². The zero-order valence-electron chi connectivity index (χ0n) is 6.75. The van der Waals surface area contributed by atoms with E-state index in [4.69, 9.17) is 0 Å². The minimum Gasteiger partial charge on any atom is -0.227 e. The number of rotatable bonds is 1. The van der Waals surface area contributed by atoms with E-state index in [0.29, 0.717) is 6.20 Å². The van der Waals surface area contributed by atoms with Crippen molar-refractivity contribution in [3.8, 4) is 0 Å². The first-order chi connectivity index (χ1) is 6.75. The second kappa shape index (κ2) is 3.99. The zero-order valence-corrected chi connectivity index (χ0v) is 8.33. The molecule has 1 nitrogen and oxygen atoms in total.